The van der Waals surface area contributed by atoms with E-state index in [1.807, 2.05) is 0 Å². The summed E-state index contributed by atoms with van der Waals surface area (Å²) in [7, 11) is 0. The first kappa shape index (κ1) is 15.5. The van der Waals surface area contributed by atoms with Crippen molar-refractivity contribution in [1.29, 1.82) is 0 Å². The quantitative estimate of drug-likeness (QED) is 0.835. The molecule has 1 aliphatic rings. The molecule has 0 N–H and O–H groups in total. The van der Waals surface area contributed by atoms with Crippen molar-refractivity contribution < 1.29 is 4.74 Å². The molecular formula is C18H26OS. The molecule has 110 valence electrons. The maximum Gasteiger partial charge on any atom is 0.127 e. The topological polar surface area (TPSA) is 9.23 Å². The average Bonchev–Trinajstić information content (AvgIpc) is 2.58. The van der Waals surface area contributed by atoms with Gasteiger partial charge in [-0.1, -0.05) is 24.3 Å². The van der Waals surface area contributed by atoms with E-state index in [1.54, 1.807) is 0 Å². The highest BCUT2D eigenvalue weighted by Gasteiger charge is 2.14. The van der Waals surface area contributed by atoms with Crippen LogP contribution in [0.25, 0.3) is 12.2 Å². The summed E-state index contributed by atoms with van der Waals surface area (Å²) in [5, 5.41) is 2.59. The molecule has 1 aromatic rings. The molecular weight excluding hydrogens is 264 g/mol. The van der Waals surface area contributed by atoms with E-state index >= 15 is 0 Å². The highest BCUT2D eigenvalue weighted by molar-refractivity contribution is 7.80. The molecule has 2 rings (SSSR count). The molecule has 1 atom stereocenters. The molecule has 0 unspecified atom stereocenters. The van der Waals surface area contributed by atoms with Crippen molar-refractivity contribution in [2.24, 2.45) is 5.92 Å². The van der Waals surface area contributed by atoms with Gasteiger partial charge >= 0.3 is 0 Å². The van der Waals surface area contributed by atoms with Crippen molar-refractivity contribution in [3.63, 3.8) is 0 Å². The lowest BCUT2D eigenvalue weighted by molar-refractivity contribution is 0.129. The van der Waals surface area contributed by atoms with Crippen LogP contribution in [-0.2, 0) is 0 Å². The van der Waals surface area contributed by atoms with E-state index in [-0.39, 0.29) is 5.60 Å². The van der Waals surface area contributed by atoms with Gasteiger partial charge in [0.15, 0.2) is 0 Å². The number of thiol groups is 1. The van der Waals surface area contributed by atoms with Gasteiger partial charge in [-0.05, 0) is 69.4 Å². The van der Waals surface area contributed by atoms with Crippen molar-refractivity contribution in [3.8, 4) is 5.75 Å². The molecule has 1 aliphatic carbocycles. The zero-order valence-electron chi connectivity index (χ0n) is 12.9. The smallest absolute Gasteiger partial charge is 0.127 e. The molecule has 0 fully saturated rings. The molecule has 1 aromatic carbocycles. The first-order valence-electron chi connectivity index (χ1n) is 7.59. The lowest BCUT2D eigenvalue weighted by Crippen LogP contribution is -2.31. The SMILES string of the molecule is CC(C)(C)Oc1cccc2c1=CC[C@@H](CCCS)CC=2. The Bertz CT molecular complexity index is 554. The first-order valence-corrected chi connectivity index (χ1v) is 8.22. The van der Waals surface area contributed by atoms with Crippen LogP contribution in [0.4, 0.5) is 0 Å². The maximum absolute atomic E-state index is 6.11. The zero-order valence-corrected chi connectivity index (χ0v) is 13.7. The maximum atomic E-state index is 6.11. The Hall–Kier alpha value is -0.890. The van der Waals surface area contributed by atoms with E-state index in [9.17, 15) is 0 Å². The fourth-order valence-corrected chi connectivity index (χ4v) is 2.85. The summed E-state index contributed by atoms with van der Waals surface area (Å²) in [6.45, 7) is 6.30. The third-order valence-electron chi connectivity index (χ3n) is 3.61. The predicted molar refractivity (Wildman–Crippen MR) is 90.8 cm³/mol. The Morgan fingerprint density at radius 1 is 1.20 bits per heavy atom. The van der Waals surface area contributed by atoms with Gasteiger partial charge < -0.3 is 4.74 Å². The number of fused-ring (bicyclic) bond motifs is 1. The van der Waals surface area contributed by atoms with Crippen molar-refractivity contribution in [3.05, 3.63) is 28.6 Å². The number of ether oxygens (including phenoxy) is 1. The molecule has 0 spiro atoms. The Morgan fingerprint density at radius 2 is 1.95 bits per heavy atom. The third-order valence-corrected chi connectivity index (χ3v) is 3.93. The number of hydrogen-bond acceptors (Lipinski definition) is 2. The molecule has 2 heteroatoms. The molecule has 0 radical (unpaired) electrons. The monoisotopic (exact) mass is 290 g/mol. The van der Waals surface area contributed by atoms with Crippen molar-refractivity contribution in [1.82, 2.24) is 0 Å². The Balaban J connectivity index is 2.29. The minimum atomic E-state index is -0.152. The number of hydrogen-bond donors (Lipinski definition) is 1. The van der Waals surface area contributed by atoms with Gasteiger partial charge in [0, 0.05) is 5.22 Å². The van der Waals surface area contributed by atoms with Crippen LogP contribution in [0.2, 0.25) is 0 Å². The Labute approximate surface area is 128 Å². The second-order valence-electron chi connectivity index (χ2n) is 6.58. The van der Waals surface area contributed by atoms with Crippen LogP contribution in [0, 0.1) is 5.92 Å². The molecule has 0 aliphatic heterocycles. The largest absolute Gasteiger partial charge is 0.488 e. The zero-order chi connectivity index (χ0) is 14.6. The molecule has 0 bridgehead atoms. The number of rotatable bonds is 4. The summed E-state index contributed by atoms with van der Waals surface area (Å²) < 4.78 is 6.11. The van der Waals surface area contributed by atoms with Gasteiger partial charge in [-0.2, -0.15) is 12.6 Å². The standard InChI is InChI=1S/C18H26OS/c1-18(2,3)19-17-8-4-7-15-11-9-14(6-5-13-20)10-12-16(15)17/h4,7-8,11-12,14,20H,5-6,9-10,13H2,1-3H3/t14-/m0/s1. The van der Waals surface area contributed by atoms with Crippen LogP contribution in [0.15, 0.2) is 18.2 Å². The van der Waals surface area contributed by atoms with Gasteiger partial charge in [-0.25, -0.2) is 0 Å². The number of benzene rings is 1. The van der Waals surface area contributed by atoms with Crippen LogP contribution in [-0.4, -0.2) is 11.4 Å². The van der Waals surface area contributed by atoms with E-state index < -0.39 is 0 Å². The molecule has 0 saturated heterocycles. The molecule has 0 amide bonds. The molecule has 20 heavy (non-hydrogen) atoms. The van der Waals surface area contributed by atoms with Crippen molar-refractivity contribution in [2.75, 3.05) is 5.75 Å². The minimum Gasteiger partial charge on any atom is -0.488 e. The fraction of sp³-hybridized carbons (Fsp3) is 0.556. The van der Waals surface area contributed by atoms with Crippen molar-refractivity contribution >= 4 is 24.8 Å². The molecule has 0 heterocycles. The van der Waals surface area contributed by atoms with Crippen LogP contribution in [0.1, 0.15) is 46.5 Å². The summed E-state index contributed by atoms with van der Waals surface area (Å²) >= 11 is 4.32. The van der Waals surface area contributed by atoms with E-state index in [1.165, 1.54) is 23.3 Å². The van der Waals surface area contributed by atoms with Gasteiger partial charge in [-0.3, -0.25) is 0 Å². The predicted octanol–water partition coefficient (Wildman–Crippen LogP) is 3.54. The lowest BCUT2D eigenvalue weighted by atomic mass is 9.97. The van der Waals surface area contributed by atoms with E-state index in [0.29, 0.717) is 0 Å². The van der Waals surface area contributed by atoms with E-state index in [0.717, 1.165) is 30.3 Å². The van der Waals surface area contributed by atoms with Crippen LogP contribution < -0.4 is 15.2 Å². The summed E-state index contributed by atoms with van der Waals surface area (Å²) in [6, 6.07) is 6.38. The Kier molecular flexibility index (Phi) is 5.20. The van der Waals surface area contributed by atoms with Crippen molar-refractivity contribution in [2.45, 2.75) is 52.1 Å². The van der Waals surface area contributed by atoms with Crippen LogP contribution in [0.5, 0.6) is 5.75 Å². The summed E-state index contributed by atoms with van der Waals surface area (Å²) in [5.41, 5.74) is -0.152. The third kappa shape index (κ3) is 4.31. The molecule has 1 nitrogen and oxygen atoms in total. The molecule has 0 saturated carbocycles. The second kappa shape index (κ2) is 6.71. The van der Waals surface area contributed by atoms with Gasteiger partial charge in [0.05, 0.1) is 0 Å². The van der Waals surface area contributed by atoms with Crippen LogP contribution in [0.3, 0.4) is 0 Å². The Morgan fingerprint density at radius 3 is 2.65 bits per heavy atom. The van der Waals surface area contributed by atoms with E-state index in [2.05, 4.69) is 63.8 Å². The highest BCUT2D eigenvalue weighted by atomic mass is 32.1. The minimum absolute atomic E-state index is 0.152. The first-order chi connectivity index (χ1) is 9.49. The second-order valence-corrected chi connectivity index (χ2v) is 7.03. The van der Waals surface area contributed by atoms with Gasteiger partial charge in [0.25, 0.3) is 0 Å². The van der Waals surface area contributed by atoms with Crippen LogP contribution >= 0.6 is 12.6 Å². The summed E-state index contributed by atoms with van der Waals surface area (Å²) in [5.74, 6) is 2.75. The summed E-state index contributed by atoms with van der Waals surface area (Å²) in [6.07, 6.45) is 9.51. The van der Waals surface area contributed by atoms with Gasteiger partial charge in [-0.15, -0.1) is 0 Å². The highest BCUT2D eigenvalue weighted by Crippen LogP contribution is 2.20. The average molecular weight is 290 g/mol. The van der Waals surface area contributed by atoms with Gasteiger partial charge in [0.2, 0.25) is 0 Å². The normalized spacial score (nSPS) is 18.5. The van der Waals surface area contributed by atoms with Gasteiger partial charge in [0.1, 0.15) is 11.4 Å². The van der Waals surface area contributed by atoms with E-state index in [4.69, 9.17) is 4.74 Å². The fourth-order valence-electron chi connectivity index (χ4n) is 2.67. The lowest BCUT2D eigenvalue weighted by Gasteiger charge is -2.21. The summed E-state index contributed by atoms with van der Waals surface area (Å²) in [4.78, 5) is 0. The molecule has 0 aromatic heterocycles.